The van der Waals surface area contributed by atoms with Crippen LogP contribution >= 0.6 is 11.3 Å². The van der Waals surface area contributed by atoms with E-state index in [1.54, 1.807) is 19.3 Å². The molecule has 1 aromatic carbocycles. The van der Waals surface area contributed by atoms with Gasteiger partial charge in [0.05, 0.1) is 9.90 Å². The molecule has 0 aliphatic carbocycles. The van der Waals surface area contributed by atoms with Gasteiger partial charge in [0.2, 0.25) is 10.0 Å². The Kier molecular flexibility index (Phi) is 4.36. The molecule has 1 heterocycles. The summed E-state index contributed by atoms with van der Waals surface area (Å²) in [6.07, 6.45) is 1.71. The Morgan fingerprint density at radius 2 is 1.95 bits per heavy atom. The van der Waals surface area contributed by atoms with Crippen LogP contribution in [-0.2, 0) is 16.6 Å². The number of aromatic nitrogens is 1. The lowest BCUT2D eigenvalue weighted by Crippen LogP contribution is -2.26. The molecule has 0 atom stereocenters. The molecular formula is C14H19N3O2S2. The molecule has 2 N–H and O–H groups in total. The lowest BCUT2D eigenvalue weighted by atomic mass is 10.1. The molecule has 0 bridgehead atoms. The first-order valence-corrected chi connectivity index (χ1v) is 8.72. The van der Waals surface area contributed by atoms with Gasteiger partial charge in [-0.3, -0.25) is 0 Å². The molecule has 0 aliphatic rings. The number of rotatable bonds is 4. The fourth-order valence-electron chi connectivity index (χ4n) is 1.96. The van der Waals surface area contributed by atoms with Crippen molar-refractivity contribution in [3.63, 3.8) is 0 Å². The Bertz CT molecular complexity index is 743. The number of nitrogen functional groups attached to an aromatic ring is 1. The van der Waals surface area contributed by atoms with Gasteiger partial charge in [0.1, 0.15) is 0 Å². The van der Waals surface area contributed by atoms with Crippen molar-refractivity contribution in [2.45, 2.75) is 32.2 Å². The number of nitrogens with zero attached hydrogens (tertiary/aromatic N) is 2. The Hall–Kier alpha value is -1.44. The van der Waals surface area contributed by atoms with Crippen LogP contribution in [0, 0.1) is 20.8 Å². The number of anilines is 1. The highest BCUT2D eigenvalue weighted by molar-refractivity contribution is 7.89. The fourth-order valence-corrected chi connectivity index (χ4v) is 4.16. The van der Waals surface area contributed by atoms with Gasteiger partial charge in [-0.1, -0.05) is 0 Å². The van der Waals surface area contributed by atoms with E-state index in [4.69, 9.17) is 5.73 Å². The summed E-state index contributed by atoms with van der Waals surface area (Å²) >= 11 is 1.49. The van der Waals surface area contributed by atoms with Crippen LogP contribution in [-0.4, -0.2) is 24.8 Å². The lowest BCUT2D eigenvalue weighted by molar-refractivity contribution is 0.469. The molecule has 2 aromatic rings. The van der Waals surface area contributed by atoms with E-state index >= 15 is 0 Å². The first-order valence-electron chi connectivity index (χ1n) is 6.46. The monoisotopic (exact) mass is 325 g/mol. The summed E-state index contributed by atoms with van der Waals surface area (Å²) in [5.41, 5.74) is 8.16. The molecule has 7 heteroatoms. The molecule has 1 aromatic heterocycles. The second kappa shape index (κ2) is 5.75. The Balaban J connectivity index is 2.33. The van der Waals surface area contributed by atoms with Crippen LogP contribution in [0.1, 0.15) is 21.0 Å². The average Bonchev–Trinajstić information content (AvgIpc) is 2.80. The quantitative estimate of drug-likeness (QED) is 0.876. The van der Waals surface area contributed by atoms with E-state index in [0.717, 1.165) is 21.0 Å². The number of nitrogens with two attached hydrogens (primary N) is 1. The maximum atomic E-state index is 12.6. The maximum absolute atomic E-state index is 12.6. The third-order valence-corrected chi connectivity index (χ3v) is 6.12. The van der Waals surface area contributed by atoms with Gasteiger partial charge in [-0.25, -0.2) is 13.4 Å². The van der Waals surface area contributed by atoms with Crippen LogP contribution in [0.5, 0.6) is 0 Å². The summed E-state index contributed by atoms with van der Waals surface area (Å²) in [6.45, 7) is 5.94. The van der Waals surface area contributed by atoms with Crippen LogP contribution in [0.3, 0.4) is 0 Å². The van der Waals surface area contributed by atoms with Crippen molar-refractivity contribution in [3.05, 3.63) is 39.3 Å². The van der Waals surface area contributed by atoms with E-state index < -0.39 is 10.0 Å². The summed E-state index contributed by atoms with van der Waals surface area (Å²) in [7, 11) is -1.99. The minimum Gasteiger partial charge on any atom is -0.398 e. The molecule has 21 heavy (non-hydrogen) atoms. The first kappa shape index (κ1) is 15.9. The Labute approximate surface area is 129 Å². The van der Waals surface area contributed by atoms with E-state index in [-0.39, 0.29) is 4.90 Å². The number of thiazole rings is 1. The van der Waals surface area contributed by atoms with E-state index in [0.29, 0.717) is 12.2 Å². The van der Waals surface area contributed by atoms with Gasteiger partial charge in [0.15, 0.2) is 0 Å². The van der Waals surface area contributed by atoms with E-state index in [1.165, 1.54) is 21.7 Å². The molecule has 0 unspecified atom stereocenters. The fraction of sp³-hybridized carbons (Fsp3) is 0.357. The van der Waals surface area contributed by atoms with Crippen molar-refractivity contribution < 1.29 is 8.42 Å². The minimum absolute atomic E-state index is 0.229. The van der Waals surface area contributed by atoms with Crippen molar-refractivity contribution in [1.82, 2.24) is 9.29 Å². The van der Waals surface area contributed by atoms with Crippen LogP contribution in [0.2, 0.25) is 0 Å². The van der Waals surface area contributed by atoms with Gasteiger partial charge in [0.25, 0.3) is 0 Å². The molecule has 2 rings (SSSR count). The molecule has 0 saturated carbocycles. The van der Waals surface area contributed by atoms with Crippen molar-refractivity contribution >= 4 is 27.0 Å². The standard InChI is InChI=1S/C14H19N3O2S2/c1-9-5-13(6-14(15)10(9)2)21(18,19)17(4)8-12-7-16-11(3)20-12/h5-7H,8,15H2,1-4H3. The molecule has 0 amide bonds. The van der Waals surface area contributed by atoms with E-state index in [1.807, 2.05) is 20.8 Å². The van der Waals surface area contributed by atoms with Crippen molar-refractivity contribution in [1.29, 1.82) is 0 Å². The summed E-state index contributed by atoms with van der Waals surface area (Å²) in [4.78, 5) is 5.28. The van der Waals surface area contributed by atoms with Crippen LogP contribution in [0.4, 0.5) is 5.69 Å². The predicted molar refractivity (Wildman–Crippen MR) is 85.8 cm³/mol. The lowest BCUT2D eigenvalue weighted by Gasteiger charge is -2.17. The molecule has 0 saturated heterocycles. The third-order valence-electron chi connectivity index (χ3n) is 3.44. The Morgan fingerprint density at radius 3 is 2.48 bits per heavy atom. The molecule has 0 aliphatic heterocycles. The van der Waals surface area contributed by atoms with Crippen molar-refractivity contribution in [3.8, 4) is 0 Å². The second-order valence-electron chi connectivity index (χ2n) is 5.06. The minimum atomic E-state index is -3.56. The zero-order valence-electron chi connectivity index (χ0n) is 12.5. The first-order chi connectivity index (χ1) is 9.71. The summed E-state index contributed by atoms with van der Waals surface area (Å²) in [6, 6.07) is 3.18. The number of hydrogen-bond donors (Lipinski definition) is 1. The van der Waals surface area contributed by atoms with Crippen LogP contribution in [0.15, 0.2) is 23.2 Å². The van der Waals surface area contributed by atoms with Gasteiger partial charge in [-0.15, -0.1) is 11.3 Å². The molecular weight excluding hydrogens is 306 g/mol. The smallest absolute Gasteiger partial charge is 0.243 e. The van der Waals surface area contributed by atoms with E-state index in [2.05, 4.69) is 4.98 Å². The van der Waals surface area contributed by atoms with Crippen LogP contribution in [0.25, 0.3) is 0 Å². The maximum Gasteiger partial charge on any atom is 0.243 e. The molecule has 5 nitrogen and oxygen atoms in total. The summed E-state index contributed by atoms with van der Waals surface area (Å²) < 4.78 is 26.6. The van der Waals surface area contributed by atoms with Crippen molar-refractivity contribution in [2.24, 2.45) is 0 Å². The number of aryl methyl sites for hydroxylation is 2. The SMILES string of the molecule is Cc1ncc(CN(C)S(=O)(=O)c2cc(C)c(C)c(N)c2)s1. The molecule has 114 valence electrons. The van der Waals surface area contributed by atoms with Crippen LogP contribution < -0.4 is 5.73 Å². The highest BCUT2D eigenvalue weighted by atomic mass is 32.2. The topological polar surface area (TPSA) is 76.3 Å². The average molecular weight is 325 g/mol. The highest BCUT2D eigenvalue weighted by Gasteiger charge is 2.22. The van der Waals surface area contributed by atoms with E-state index in [9.17, 15) is 8.42 Å². The Morgan fingerprint density at radius 1 is 1.29 bits per heavy atom. The zero-order valence-corrected chi connectivity index (χ0v) is 14.2. The van der Waals surface area contributed by atoms with Gasteiger partial charge in [-0.2, -0.15) is 4.31 Å². The van der Waals surface area contributed by atoms with Gasteiger partial charge < -0.3 is 5.73 Å². The largest absolute Gasteiger partial charge is 0.398 e. The third kappa shape index (κ3) is 3.25. The number of hydrogen-bond acceptors (Lipinski definition) is 5. The van der Waals surface area contributed by atoms with Crippen molar-refractivity contribution in [2.75, 3.05) is 12.8 Å². The zero-order chi connectivity index (χ0) is 15.8. The second-order valence-corrected chi connectivity index (χ2v) is 8.43. The normalized spacial score (nSPS) is 12.0. The number of benzene rings is 1. The summed E-state index contributed by atoms with van der Waals surface area (Å²) in [5.74, 6) is 0. The molecule has 0 radical (unpaired) electrons. The molecule has 0 spiro atoms. The van der Waals surface area contributed by atoms with Gasteiger partial charge in [0, 0.05) is 30.4 Å². The van der Waals surface area contributed by atoms with Gasteiger partial charge in [-0.05, 0) is 44.0 Å². The summed E-state index contributed by atoms with van der Waals surface area (Å²) in [5, 5.41) is 0.922. The molecule has 0 fully saturated rings. The predicted octanol–water partition coefficient (Wildman–Crippen LogP) is 2.47. The van der Waals surface area contributed by atoms with Gasteiger partial charge >= 0.3 is 0 Å². The highest BCUT2D eigenvalue weighted by Crippen LogP contribution is 2.25. The number of sulfonamides is 1.